The van der Waals surface area contributed by atoms with Gasteiger partial charge in [-0.15, -0.1) is 0 Å². The lowest BCUT2D eigenvalue weighted by Crippen LogP contribution is -2.43. The molecule has 1 aliphatic heterocycles. The number of rotatable bonds is 9. The second kappa shape index (κ2) is 11.9. The van der Waals surface area contributed by atoms with Gasteiger partial charge in [-0.1, -0.05) is 24.6 Å². The number of hydrogen-bond acceptors (Lipinski definition) is 6. The van der Waals surface area contributed by atoms with E-state index in [4.69, 9.17) is 21.1 Å². The molecule has 3 rings (SSSR count). The summed E-state index contributed by atoms with van der Waals surface area (Å²) < 4.78 is 10.6. The van der Waals surface area contributed by atoms with Crippen LogP contribution in [0.3, 0.4) is 0 Å². The number of nitrogens with zero attached hydrogens (tertiary/aromatic N) is 1. The third-order valence-electron chi connectivity index (χ3n) is 6.31. The smallest absolute Gasteiger partial charge is 0.339 e. The lowest BCUT2D eigenvalue weighted by atomic mass is 9.91. The first-order valence-electron chi connectivity index (χ1n) is 11.5. The summed E-state index contributed by atoms with van der Waals surface area (Å²) in [5.74, 6) is -2.70. The molecule has 0 aliphatic carbocycles. The van der Waals surface area contributed by atoms with E-state index in [1.54, 1.807) is 30.3 Å². The van der Waals surface area contributed by atoms with Crippen molar-refractivity contribution in [3.63, 3.8) is 0 Å². The van der Waals surface area contributed by atoms with E-state index in [9.17, 15) is 24.3 Å². The number of benzene rings is 2. The van der Waals surface area contributed by atoms with Gasteiger partial charge in [0.25, 0.3) is 0 Å². The SMILES string of the molecule is CC[C@@H](CC(=O)N1CC(=O)NC[C@@H](Cc2cc(Cl)ccc2OC)C1=O)c1ccc(C(=O)O)c(OC)c1. The van der Waals surface area contributed by atoms with E-state index >= 15 is 0 Å². The van der Waals surface area contributed by atoms with Crippen LogP contribution < -0.4 is 14.8 Å². The molecule has 0 aromatic heterocycles. The molecule has 2 aromatic carbocycles. The third-order valence-corrected chi connectivity index (χ3v) is 6.55. The van der Waals surface area contributed by atoms with E-state index in [-0.39, 0.29) is 43.2 Å². The molecule has 10 heteroatoms. The Morgan fingerprint density at radius 3 is 2.50 bits per heavy atom. The number of aromatic carboxylic acids is 1. The highest BCUT2D eigenvalue weighted by atomic mass is 35.5. The molecule has 1 heterocycles. The molecule has 9 nitrogen and oxygen atoms in total. The van der Waals surface area contributed by atoms with Gasteiger partial charge in [0, 0.05) is 18.0 Å². The second-order valence-corrected chi connectivity index (χ2v) is 8.99. The van der Waals surface area contributed by atoms with Gasteiger partial charge in [-0.25, -0.2) is 4.79 Å². The fourth-order valence-corrected chi connectivity index (χ4v) is 4.52. The summed E-state index contributed by atoms with van der Waals surface area (Å²) in [7, 11) is 2.89. The predicted octanol–water partition coefficient (Wildman–Crippen LogP) is 3.28. The van der Waals surface area contributed by atoms with E-state index in [1.807, 2.05) is 6.92 Å². The molecule has 1 fully saturated rings. The van der Waals surface area contributed by atoms with Crippen molar-refractivity contribution >= 4 is 35.3 Å². The Hall–Kier alpha value is -3.59. The van der Waals surface area contributed by atoms with E-state index in [1.165, 1.54) is 20.3 Å². The number of amides is 3. The van der Waals surface area contributed by atoms with Crippen molar-refractivity contribution in [1.82, 2.24) is 10.2 Å². The van der Waals surface area contributed by atoms with Crippen LogP contribution in [-0.2, 0) is 20.8 Å². The number of carboxylic acids is 1. The second-order valence-electron chi connectivity index (χ2n) is 8.55. The molecule has 0 spiro atoms. The minimum atomic E-state index is -1.12. The van der Waals surface area contributed by atoms with Crippen LogP contribution in [0.1, 0.15) is 47.2 Å². The first kappa shape index (κ1) is 27.0. The molecule has 0 bridgehead atoms. The Labute approximate surface area is 214 Å². The monoisotopic (exact) mass is 516 g/mol. The largest absolute Gasteiger partial charge is 0.496 e. The van der Waals surface area contributed by atoms with Gasteiger partial charge in [-0.05, 0) is 60.2 Å². The molecule has 2 atom stereocenters. The molecule has 0 radical (unpaired) electrons. The zero-order valence-corrected chi connectivity index (χ0v) is 21.1. The minimum Gasteiger partial charge on any atom is -0.496 e. The van der Waals surface area contributed by atoms with Crippen molar-refractivity contribution in [2.24, 2.45) is 5.92 Å². The molecule has 1 aliphatic rings. The van der Waals surface area contributed by atoms with E-state index in [0.29, 0.717) is 28.3 Å². The maximum absolute atomic E-state index is 13.4. The first-order valence-corrected chi connectivity index (χ1v) is 11.9. The van der Waals surface area contributed by atoms with Crippen molar-refractivity contribution in [3.8, 4) is 11.5 Å². The van der Waals surface area contributed by atoms with Gasteiger partial charge in [0.05, 0.1) is 20.1 Å². The predicted molar refractivity (Wildman–Crippen MR) is 133 cm³/mol. The number of ether oxygens (including phenoxy) is 2. The average molecular weight is 517 g/mol. The van der Waals surface area contributed by atoms with Crippen molar-refractivity contribution < 1.29 is 33.8 Å². The van der Waals surface area contributed by atoms with Crippen LogP contribution in [0.25, 0.3) is 0 Å². The van der Waals surface area contributed by atoms with Crippen molar-refractivity contribution in [2.75, 3.05) is 27.3 Å². The van der Waals surface area contributed by atoms with Gasteiger partial charge in [-0.2, -0.15) is 0 Å². The zero-order valence-electron chi connectivity index (χ0n) is 20.4. The van der Waals surface area contributed by atoms with Gasteiger partial charge in [0.2, 0.25) is 17.7 Å². The maximum Gasteiger partial charge on any atom is 0.339 e. The number of nitrogens with one attached hydrogen (secondary N) is 1. The molecule has 192 valence electrons. The van der Waals surface area contributed by atoms with Crippen LogP contribution in [0.2, 0.25) is 5.02 Å². The quantitative estimate of drug-likeness (QED) is 0.524. The number of carbonyl (C=O) groups is 4. The molecule has 1 saturated heterocycles. The Balaban J connectivity index is 1.82. The van der Waals surface area contributed by atoms with Crippen LogP contribution in [0.5, 0.6) is 11.5 Å². The highest BCUT2D eigenvalue weighted by molar-refractivity contribution is 6.30. The Morgan fingerprint density at radius 2 is 1.86 bits per heavy atom. The fourth-order valence-electron chi connectivity index (χ4n) is 4.32. The minimum absolute atomic E-state index is 0.0149. The molecule has 0 unspecified atom stereocenters. The van der Waals surface area contributed by atoms with Crippen molar-refractivity contribution in [3.05, 3.63) is 58.1 Å². The highest BCUT2D eigenvalue weighted by Crippen LogP contribution is 2.31. The molecule has 36 heavy (non-hydrogen) atoms. The zero-order chi connectivity index (χ0) is 26.4. The molecular formula is C26H29ClN2O7. The number of carboxylic acid groups (broad SMARTS) is 1. The van der Waals surface area contributed by atoms with Gasteiger partial charge in [-0.3, -0.25) is 19.3 Å². The van der Waals surface area contributed by atoms with Crippen molar-refractivity contribution in [1.29, 1.82) is 0 Å². The maximum atomic E-state index is 13.4. The summed E-state index contributed by atoms with van der Waals surface area (Å²) >= 11 is 6.13. The Bertz CT molecular complexity index is 1170. The number of halogens is 1. The molecule has 2 N–H and O–H groups in total. The van der Waals surface area contributed by atoms with Crippen LogP contribution >= 0.6 is 11.6 Å². The average Bonchev–Trinajstić information content (AvgIpc) is 3.00. The lowest BCUT2D eigenvalue weighted by molar-refractivity contribution is -0.148. The van der Waals surface area contributed by atoms with Gasteiger partial charge in [0.15, 0.2) is 0 Å². The van der Waals surface area contributed by atoms with E-state index < -0.39 is 29.6 Å². The van der Waals surface area contributed by atoms with E-state index in [2.05, 4.69) is 5.32 Å². The highest BCUT2D eigenvalue weighted by Gasteiger charge is 2.35. The van der Waals surface area contributed by atoms with Crippen LogP contribution in [-0.4, -0.2) is 61.0 Å². The molecular weight excluding hydrogens is 488 g/mol. The summed E-state index contributed by atoms with van der Waals surface area (Å²) in [6.07, 6.45) is 0.759. The summed E-state index contributed by atoms with van der Waals surface area (Å²) in [6.45, 7) is 1.61. The standard InChI is InChI=1S/C26H29ClN2O7/c1-4-15(16-5-7-20(26(33)34)22(11-16)36-3)12-24(31)29-14-23(30)28-13-18(25(29)32)9-17-10-19(27)6-8-21(17)35-2/h5-8,10-11,15,18H,4,9,12-14H2,1-3H3,(H,28,30)(H,33,34)/t15-,18+/m0/s1. The fraction of sp³-hybridized carbons (Fsp3) is 0.385. The third kappa shape index (κ3) is 6.15. The summed E-state index contributed by atoms with van der Waals surface area (Å²) in [5, 5.41) is 12.5. The molecule has 2 aromatic rings. The molecule has 0 saturated carbocycles. The topological polar surface area (TPSA) is 122 Å². The number of carbonyl (C=O) groups excluding carboxylic acids is 3. The van der Waals surface area contributed by atoms with Crippen LogP contribution in [0.4, 0.5) is 0 Å². The number of methoxy groups -OCH3 is 2. The summed E-state index contributed by atoms with van der Waals surface area (Å²) in [4.78, 5) is 51.5. The lowest BCUT2D eigenvalue weighted by Gasteiger charge is -2.24. The van der Waals surface area contributed by atoms with Gasteiger partial charge < -0.3 is 19.9 Å². The number of imide groups is 1. The van der Waals surface area contributed by atoms with Crippen LogP contribution in [0.15, 0.2) is 36.4 Å². The number of hydrogen-bond donors (Lipinski definition) is 2. The van der Waals surface area contributed by atoms with Crippen molar-refractivity contribution in [2.45, 2.75) is 32.1 Å². The Morgan fingerprint density at radius 1 is 1.14 bits per heavy atom. The van der Waals surface area contributed by atoms with Crippen LogP contribution in [0, 0.1) is 5.92 Å². The first-order chi connectivity index (χ1) is 17.2. The molecule has 3 amide bonds. The van der Waals surface area contributed by atoms with E-state index in [0.717, 1.165) is 4.90 Å². The normalized spacial score (nSPS) is 16.7. The van der Waals surface area contributed by atoms with Gasteiger partial charge >= 0.3 is 5.97 Å². The Kier molecular flexibility index (Phi) is 8.93. The van der Waals surface area contributed by atoms with Gasteiger partial charge in [0.1, 0.15) is 23.6 Å². The summed E-state index contributed by atoms with van der Waals surface area (Å²) in [6, 6.07) is 9.75. The summed E-state index contributed by atoms with van der Waals surface area (Å²) in [5.41, 5.74) is 1.42.